The molecule has 0 radical (unpaired) electrons. The summed E-state index contributed by atoms with van der Waals surface area (Å²) in [4.78, 5) is 12.2. The molecule has 0 aromatic heterocycles. The average molecular weight is 255 g/mol. The van der Waals surface area contributed by atoms with Crippen LogP contribution in [0.15, 0.2) is 29.4 Å². The summed E-state index contributed by atoms with van der Waals surface area (Å²) in [6.45, 7) is 6.05. The molecule has 98 valence electrons. The minimum absolute atomic E-state index is 0.114. The van der Waals surface area contributed by atoms with Crippen molar-refractivity contribution in [1.82, 2.24) is 0 Å². The predicted molar refractivity (Wildman–Crippen MR) is 74.8 cm³/mol. The van der Waals surface area contributed by atoms with Crippen molar-refractivity contribution in [3.63, 3.8) is 0 Å². The van der Waals surface area contributed by atoms with Crippen LogP contribution in [-0.4, -0.2) is 11.6 Å². The van der Waals surface area contributed by atoms with E-state index in [-0.39, 0.29) is 12.3 Å². The number of hydrogen-bond acceptors (Lipinski definition) is 3. The van der Waals surface area contributed by atoms with E-state index < -0.39 is 5.92 Å². The van der Waals surface area contributed by atoms with Gasteiger partial charge >= 0.3 is 0 Å². The monoisotopic (exact) mass is 255 g/mol. The molecule has 0 N–H and O–H groups in total. The van der Waals surface area contributed by atoms with Crippen LogP contribution in [0.5, 0.6) is 0 Å². The van der Waals surface area contributed by atoms with Crippen molar-refractivity contribution in [3.05, 3.63) is 29.8 Å². The van der Waals surface area contributed by atoms with E-state index in [4.69, 9.17) is 5.26 Å². The molecule has 4 heteroatoms. The quantitative estimate of drug-likeness (QED) is 0.833. The Morgan fingerprint density at radius 3 is 2.53 bits per heavy atom. The third kappa shape index (κ3) is 2.50. The highest BCUT2D eigenvalue weighted by atomic mass is 16.2. The van der Waals surface area contributed by atoms with Crippen LogP contribution in [0, 0.1) is 17.2 Å². The fourth-order valence-corrected chi connectivity index (χ4v) is 2.11. The van der Waals surface area contributed by atoms with Crippen LogP contribution >= 0.6 is 0 Å². The minimum atomic E-state index is -0.394. The summed E-state index contributed by atoms with van der Waals surface area (Å²) in [5.74, 6) is -0.0500. The zero-order valence-electron chi connectivity index (χ0n) is 11.4. The van der Waals surface area contributed by atoms with Gasteiger partial charge < -0.3 is 0 Å². The molecule has 1 heterocycles. The number of hydrazone groups is 1. The van der Waals surface area contributed by atoms with E-state index in [1.54, 1.807) is 6.92 Å². The van der Waals surface area contributed by atoms with Gasteiger partial charge in [0.15, 0.2) is 0 Å². The molecule has 19 heavy (non-hydrogen) atoms. The zero-order chi connectivity index (χ0) is 14.0. The molecule has 1 atom stereocenters. The van der Waals surface area contributed by atoms with Gasteiger partial charge in [0, 0.05) is 5.71 Å². The Labute approximate surface area is 113 Å². The highest BCUT2D eigenvalue weighted by Crippen LogP contribution is 2.26. The van der Waals surface area contributed by atoms with Crippen LogP contribution in [0.2, 0.25) is 0 Å². The van der Waals surface area contributed by atoms with Gasteiger partial charge in [0.2, 0.25) is 0 Å². The molecule has 1 unspecified atom stereocenters. The number of hydrogen-bond donors (Lipinski definition) is 0. The first-order valence-corrected chi connectivity index (χ1v) is 6.40. The van der Waals surface area contributed by atoms with Crippen LogP contribution < -0.4 is 5.01 Å². The van der Waals surface area contributed by atoms with Crippen molar-refractivity contribution >= 4 is 17.3 Å². The Bertz CT molecular complexity index is 552. The molecule has 0 saturated heterocycles. The Kier molecular flexibility index (Phi) is 3.66. The Hall–Kier alpha value is -2.15. The van der Waals surface area contributed by atoms with Crippen LogP contribution in [0.25, 0.3) is 0 Å². The van der Waals surface area contributed by atoms with Crippen LogP contribution in [-0.2, 0) is 4.79 Å². The van der Waals surface area contributed by atoms with Gasteiger partial charge in [0.05, 0.1) is 24.1 Å². The van der Waals surface area contributed by atoms with Crippen molar-refractivity contribution in [1.29, 1.82) is 5.26 Å². The van der Waals surface area contributed by atoms with Gasteiger partial charge in [0.1, 0.15) is 0 Å². The Balaban J connectivity index is 2.24. The molecule has 1 aliphatic rings. The van der Waals surface area contributed by atoms with Crippen molar-refractivity contribution in [3.8, 4) is 6.07 Å². The summed E-state index contributed by atoms with van der Waals surface area (Å²) in [6, 6.07) is 9.86. The third-order valence-corrected chi connectivity index (χ3v) is 3.37. The maximum absolute atomic E-state index is 12.2. The second-order valence-electron chi connectivity index (χ2n) is 5.05. The number of benzene rings is 1. The van der Waals surface area contributed by atoms with Gasteiger partial charge in [-0.15, -0.1) is 0 Å². The normalized spacial score (nSPS) is 18.7. The lowest BCUT2D eigenvalue weighted by molar-refractivity contribution is -0.119. The smallest absolute Gasteiger partial charge is 0.257 e. The lowest BCUT2D eigenvalue weighted by Gasteiger charge is -2.14. The van der Waals surface area contributed by atoms with Gasteiger partial charge in [-0.05, 0) is 30.5 Å². The van der Waals surface area contributed by atoms with E-state index >= 15 is 0 Å². The van der Waals surface area contributed by atoms with Gasteiger partial charge in [-0.3, -0.25) is 4.79 Å². The number of nitriles is 1. The van der Waals surface area contributed by atoms with E-state index in [2.05, 4.69) is 18.9 Å². The predicted octanol–water partition coefficient (Wildman–Crippen LogP) is 3.06. The van der Waals surface area contributed by atoms with E-state index in [1.807, 2.05) is 30.3 Å². The van der Waals surface area contributed by atoms with Gasteiger partial charge in [-0.2, -0.15) is 10.4 Å². The molecule has 0 spiro atoms. The SMILES string of the molecule is CC1=NN(c2ccc(C(C)C)cc2)C(=O)C1CC#N. The average Bonchev–Trinajstić information content (AvgIpc) is 2.67. The van der Waals surface area contributed by atoms with Crippen LogP contribution in [0.4, 0.5) is 5.69 Å². The summed E-state index contributed by atoms with van der Waals surface area (Å²) in [5, 5.41) is 14.4. The second kappa shape index (κ2) is 5.23. The topological polar surface area (TPSA) is 56.5 Å². The number of amides is 1. The molecule has 0 bridgehead atoms. The largest absolute Gasteiger partial charge is 0.272 e. The van der Waals surface area contributed by atoms with E-state index in [1.165, 1.54) is 10.6 Å². The van der Waals surface area contributed by atoms with Crippen molar-refractivity contribution in [2.45, 2.75) is 33.1 Å². The summed E-state index contributed by atoms with van der Waals surface area (Å²) >= 11 is 0. The minimum Gasteiger partial charge on any atom is -0.272 e. The molecular weight excluding hydrogens is 238 g/mol. The fraction of sp³-hybridized carbons (Fsp3) is 0.400. The van der Waals surface area contributed by atoms with Crippen LogP contribution in [0.1, 0.15) is 38.7 Å². The second-order valence-corrected chi connectivity index (χ2v) is 5.05. The number of nitrogens with zero attached hydrogens (tertiary/aromatic N) is 3. The molecule has 4 nitrogen and oxygen atoms in total. The molecule has 1 aliphatic heterocycles. The van der Waals surface area contributed by atoms with Gasteiger partial charge in [0.25, 0.3) is 5.91 Å². The molecule has 0 fully saturated rings. The molecule has 0 saturated carbocycles. The Morgan fingerprint density at radius 2 is 2.00 bits per heavy atom. The van der Waals surface area contributed by atoms with Crippen molar-refractivity contribution in [2.75, 3.05) is 5.01 Å². The highest BCUT2D eigenvalue weighted by Gasteiger charge is 2.33. The Morgan fingerprint density at radius 1 is 1.37 bits per heavy atom. The number of carbonyl (C=O) groups is 1. The van der Waals surface area contributed by atoms with E-state index in [0.29, 0.717) is 11.6 Å². The van der Waals surface area contributed by atoms with Gasteiger partial charge in [-0.1, -0.05) is 26.0 Å². The van der Waals surface area contributed by atoms with Crippen LogP contribution in [0.3, 0.4) is 0 Å². The summed E-state index contributed by atoms with van der Waals surface area (Å²) < 4.78 is 0. The molecule has 1 amide bonds. The third-order valence-electron chi connectivity index (χ3n) is 3.37. The first-order valence-electron chi connectivity index (χ1n) is 6.40. The fourth-order valence-electron chi connectivity index (χ4n) is 2.11. The van der Waals surface area contributed by atoms with Gasteiger partial charge in [-0.25, -0.2) is 5.01 Å². The number of anilines is 1. The molecule has 2 rings (SSSR count). The molecule has 1 aromatic rings. The standard InChI is InChI=1S/C15H17N3O/c1-10(2)12-4-6-13(7-5-12)18-15(19)14(8-9-16)11(3)17-18/h4-7,10,14H,8H2,1-3H3. The van der Waals surface area contributed by atoms with Crippen molar-refractivity contribution < 1.29 is 4.79 Å². The van der Waals surface area contributed by atoms with E-state index in [0.717, 1.165) is 5.69 Å². The number of rotatable bonds is 3. The first kappa shape index (κ1) is 13.3. The van der Waals surface area contributed by atoms with E-state index in [9.17, 15) is 4.79 Å². The zero-order valence-corrected chi connectivity index (χ0v) is 11.4. The summed E-state index contributed by atoms with van der Waals surface area (Å²) in [5.41, 5.74) is 2.69. The first-order chi connectivity index (χ1) is 9.04. The van der Waals surface area contributed by atoms with Crippen molar-refractivity contribution in [2.24, 2.45) is 11.0 Å². The number of carbonyl (C=O) groups excluding carboxylic acids is 1. The molecule has 1 aromatic carbocycles. The molecule has 0 aliphatic carbocycles. The lowest BCUT2D eigenvalue weighted by Crippen LogP contribution is -2.26. The molecular formula is C15H17N3O. The maximum Gasteiger partial charge on any atom is 0.257 e. The summed E-state index contributed by atoms with van der Waals surface area (Å²) in [6.07, 6.45) is 0.189. The lowest BCUT2D eigenvalue weighted by atomic mass is 10.0. The highest BCUT2D eigenvalue weighted by molar-refractivity contribution is 6.14. The summed E-state index contributed by atoms with van der Waals surface area (Å²) in [7, 11) is 0. The maximum atomic E-state index is 12.2.